The largest absolute Gasteiger partial charge is 0.490 e. The van der Waals surface area contributed by atoms with Crippen molar-refractivity contribution < 1.29 is 14.3 Å². The molecule has 2 unspecified atom stereocenters. The van der Waals surface area contributed by atoms with Crippen LogP contribution in [0.25, 0.3) is 16.8 Å². The molecular weight excluding hydrogens is 502 g/mol. The van der Waals surface area contributed by atoms with Gasteiger partial charge in [-0.2, -0.15) is 5.10 Å². The molecule has 0 saturated heterocycles. The molecule has 2 aromatic heterocycles. The summed E-state index contributed by atoms with van der Waals surface area (Å²) in [5.74, 6) is 1.48. The highest BCUT2D eigenvalue weighted by molar-refractivity contribution is 5.91. The van der Waals surface area contributed by atoms with Gasteiger partial charge in [-0.25, -0.2) is 9.48 Å². The minimum atomic E-state index is -0.380. The summed E-state index contributed by atoms with van der Waals surface area (Å²) in [7, 11) is 3.27. The number of carbonyl (C=O) groups is 1. The lowest BCUT2D eigenvalue weighted by Gasteiger charge is -2.29. The molecule has 2 aliphatic rings. The first-order chi connectivity index (χ1) is 19.4. The quantitative estimate of drug-likeness (QED) is 0.242. The van der Waals surface area contributed by atoms with E-state index in [2.05, 4.69) is 59.6 Å². The number of hydrogen-bond acceptors (Lipinski definition) is 6. The first-order valence-electron chi connectivity index (χ1n) is 14.3. The van der Waals surface area contributed by atoms with Gasteiger partial charge in [0.2, 0.25) is 0 Å². The second kappa shape index (κ2) is 10.9. The number of aromatic nitrogens is 5. The zero-order valence-electron chi connectivity index (χ0n) is 23.7. The molecule has 3 atom stereocenters. The van der Waals surface area contributed by atoms with Crippen LogP contribution in [-0.4, -0.2) is 44.0 Å². The fraction of sp³-hybridized carbons (Fsp3) is 0.438. The Labute approximate surface area is 235 Å². The maximum Gasteiger partial charge on any atom is 0.341 e. The van der Waals surface area contributed by atoms with E-state index in [9.17, 15) is 4.79 Å². The Morgan fingerprint density at radius 2 is 1.88 bits per heavy atom. The maximum absolute atomic E-state index is 12.7. The van der Waals surface area contributed by atoms with Crippen LogP contribution in [0.15, 0.2) is 54.9 Å². The summed E-state index contributed by atoms with van der Waals surface area (Å²) in [5.41, 5.74) is 6.51. The topological polar surface area (TPSA) is 84.1 Å². The van der Waals surface area contributed by atoms with E-state index in [-0.39, 0.29) is 23.9 Å². The first kappa shape index (κ1) is 26.3. The van der Waals surface area contributed by atoms with E-state index >= 15 is 0 Å². The van der Waals surface area contributed by atoms with Crippen LogP contribution in [-0.2, 0) is 11.8 Å². The lowest BCUT2D eigenvalue weighted by Crippen LogP contribution is -2.26. The summed E-state index contributed by atoms with van der Waals surface area (Å²) >= 11 is 0. The fourth-order valence-electron chi connectivity index (χ4n) is 6.31. The zero-order valence-corrected chi connectivity index (χ0v) is 23.7. The summed E-state index contributed by atoms with van der Waals surface area (Å²) in [5, 5.41) is 13.1. The van der Waals surface area contributed by atoms with Crippen LogP contribution in [0.4, 0.5) is 0 Å². The molecule has 2 aromatic carbocycles. The average Bonchev–Trinajstić information content (AvgIpc) is 3.43. The van der Waals surface area contributed by atoms with Crippen molar-refractivity contribution >= 4 is 5.97 Å². The van der Waals surface area contributed by atoms with E-state index in [1.54, 1.807) is 10.9 Å². The third kappa shape index (κ3) is 5.03. The number of carbonyl (C=O) groups excluding carboxylic acids is 1. The van der Waals surface area contributed by atoms with Gasteiger partial charge in [0.15, 0.2) is 0 Å². The summed E-state index contributed by atoms with van der Waals surface area (Å²) in [6, 6.07) is 14.6. The normalized spacial score (nSPS) is 19.8. The van der Waals surface area contributed by atoms with Crippen molar-refractivity contribution in [2.75, 3.05) is 7.11 Å². The van der Waals surface area contributed by atoms with Gasteiger partial charge in [0.05, 0.1) is 36.5 Å². The van der Waals surface area contributed by atoms with Crippen LogP contribution in [0, 0.1) is 12.8 Å². The second-order valence-electron chi connectivity index (χ2n) is 11.3. The molecule has 0 amide bonds. The number of aryl methyl sites for hydroxylation is 1. The van der Waals surface area contributed by atoms with E-state index in [1.807, 2.05) is 30.1 Å². The van der Waals surface area contributed by atoms with Crippen LogP contribution >= 0.6 is 0 Å². The molecule has 0 N–H and O–H groups in total. The molecule has 0 aliphatic heterocycles. The fourth-order valence-corrected chi connectivity index (χ4v) is 6.31. The summed E-state index contributed by atoms with van der Waals surface area (Å²) in [6.07, 6.45) is 11.1. The van der Waals surface area contributed by atoms with Crippen molar-refractivity contribution in [2.45, 2.75) is 70.3 Å². The van der Waals surface area contributed by atoms with Crippen molar-refractivity contribution in [3.63, 3.8) is 0 Å². The molecule has 0 bridgehead atoms. The Kier molecular flexibility index (Phi) is 7.17. The number of nitrogens with zero attached hydrogens (tertiary/aromatic N) is 5. The maximum atomic E-state index is 12.7. The number of hydrogen-bond donors (Lipinski definition) is 0. The molecule has 40 heavy (non-hydrogen) atoms. The molecule has 2 saturated carbocycles. The van der Waals surface area contributed by atoms with Gasteiger partial charge in [-0.3, -0.25) is 4.68 Å². The van der Waals surface area contributed by atoms with Gasteiger partial charge in [0.25, 0.3) is 0 Å². The highest BCUT2D eigenvalue weighted by atomic mass is 16.5. The van der Waals surface area contributed by atoms with Crippen LogP contribution in [0.3, 0.4) is 0 Å². The molecule has 208 valence electrons. The van der Waals surface area contributed by atoms with Gasteiger partial charge in [-0.1, -0.05) is 48.7 Å². The molecule has 4 aromatic rings. The van der Waals surface area contributed by atoms with Crippen molar-refractivity contribution in [2.24, 2.45) is 13.0 Å². The molecule has 2 fully saturated rings. The van der Waals surface area contributed by atoms with Crippen LogP contribution < -0.4 is 4.74 Å². The first-order valence-corrected chi connectivity index (χ1v) is 14.3. The smallest absolute Gasteiger partial charge is 0.341 e. The van der Waals surface area contributed by atoms with Crippen LogP contribution in [0.5, 0.6) is 5.75 Å². The Bertz CT molecular complexity index is 1520. The van der Waals surface area contributed by atoms with Crippen molar-refractivity contribution in [3.05, 3.63) is 77.4 Å². The van der Waals surface area contributed by atoms with E-state index < -0.39 is 0 Å². The third-order valence-corrected chi connectivity index (χ3v) is 8.67. The Hall–Kier alpha value is -3.94. The van der Waals surface area contributed by atoms with Crippen LogP contribution in [0.1, 0.15) is 84.6 Å². The highest BCUT2D eigenvalue weighted by Crippen LogP contribution is 2.55. The number of esters is 1. The molecule has 0 spiro atoms. The minimum absolute atomic E-state index is 0.108. The lowest BCUT2D eigenvalue weighted by molar-refractivity contribution is 0.0599. The van der Waals surface area contributed by atoms with Crippen molar-refractivity contribution in [1.82, 2.24) is 24.8 Å². The van der Waals surface area contributed by atoms with Crippen molar-refractivity contribution in [3.8, 4) is 22.6 Å². The third-order valence-electron chi connectivity index (χ3n) is 8.67. The Morgan fingerprint density at radius 1 is 1.07 bits per heavy atom. The molecule has 8 heteroatoms. The van der Waals surface area contributed by atoms with E-state index in [0.29, 0.717) is 11.5 Å². The summed E-state index contributed by atoms with van der Waals surface area (Å²) < 4.78 is 15.2. The highest BCUT2D eigenvalue weighted by Gasteiger charge is 2.46. The number of benzene rings is 2. The molecule has 6 rings (SSSR count). The molecule has 2 heterocycles. The van der Waals surface area contributed by atoms with Gasteiger partial charge >= 0.3 is 5.97 Å². The zero-order chi connectivity index (χ0) is 27.8. The van der Waals surface area contributed by atoms with E-state index in [1.165, 1.54) is 39.2 Å². The number of rotatable bonds is 8. The minimum Gasteiger partial charge on any atom is -0.490 e. The monoisotopic (exact) mass is 539 g/mol. The Morgan fingerprint density at radius 3 is 2.62 bits per heavy atom. The predicted octanol–water partition coefficient (Wildman–Crippen LogP) is 6.38. The second-order valence-corrected chi connectivity index (χ2v) is 11.3. The van der Waals surface area contributed by atoms with Gasteiger partial charge in [-0.05, 0) is 73.9 Å². The van der Waals surface area contributed by atoms with Crippen molar-refractivity contribution in [1.29, 1.82) is 0 Å². The standard InChI is InChI=1S/C32H37N5O3/c1-20-25(14-9-15-30(20)40-21(2)22-10-6-5-7-11-22)23-12-8-13-24(16-23)37-31(28(18-33-37)32(38)39-4)27-17-26(27)29-19-36(3)35-34-29/h8-9,12-16,18-19,21-22,26-27H,5-7,10-11,17H2,1-4H3/t21-,26?,27?/m0/s1. The summed E-state index contributed by atoms with van der Waals surface area (Å²) in [4.78, 5) is 12.7. The molecule has 2 aliphatic carbocycles. The van der Waals surface area contributed by atoms with E-state index in [4.69, 9.17) is 9.47 Å². The molecular formula is C32H37N5O3. The SMILES string of the molecule is COC(=O)c1cnn(-c2cccc(-c3cccc(O[C@@H](C)C4CCCCC4)c3C)c2)c1C1CC1c1cn(C)nn1. The average molecular weight is 540 g/mol. The number of methoxy groups -OCH3 is 1. The van der Waals surface area contributed by atoms with Gasteiger partial charge < -0.3 is 9.47 Å². The van der Waals surface area contributed by atoms with Crippen LogP contribution in [0.2, 0.25) is 0 Å². The molecule has 0 radical (unpaired) electrons. The van der Waals surface area contributed by atoms with Gasteiger partial charge in [0, 0.05) is 25.1 Å². The van der Waals surface area contributed by atoms with E-state index in [0.717, 1.165) is 45.9 Å². The lowest BCUT2D eigenvalue weighted by atomic mass is 9.86. The molecule has 8 nitrogen and oxygen atoms in total. The predicted molar refractivity (Wildman–Crippen MR) is 153 cm³/mol. The number of ether oxygens (including phenoxy) is 2. The van der Waals surface area contributed by atoms with Gasteiger partial charge in [-0.15, -0.1) is 5.10 Å². The Balaban J connectivity index is 1.32. The van der Waals surface area contributed by atoms with Gasteiger partial charge in [0.1, 0.15) is 11.3 Å². The summed E-state index contributed by atoms with van der Waals surface area (Å²) in [6.45, 7) is 4.35.